The first-order chi connectivity index (χ1) is 12.3. The summed E-state index contributed by atoms with van der Waals surface area (Å²) in [7, 11) is 0. The molecule has 2 nitrogen and oxygen atoms in total. The van der Waals surface area contributed by atoms with Gasteiger partial charge in [0, 0.05) is 0 Å². The van der Waals surface area contributed by atoms with E-state index in [9.17, 15) is 0 Å². The number of unbranched alkanes of at least 4 members (excludes halogenated alkanes) is 2. The lowest BCUT2D eigenvalue weighted by atomic mass is 9.77. The Morgan fingerprint density at radius 2 is 1.56 bits per heavy atom. The topological polar surface area (TPSA) is 18.5 Å². The molecule has 3 rings (SSSR count). The number of benzene rings is 1. The van der Waals surface area contributed by atoms with Gasteiger partial charge in [-0.05, 0) is 55.1 Å². The van der Waals surface area contributed by atoms with E-state index in [0.717, 1.165) is 24.9 Å². The fourth-order valence-electron chi connectivity index (χ4n) is 4.42. The highest BCUT2D eigenvalue weighted by Gasteiger charge is 2.24. The Balaban J connectivity index is 1.47. The molecule has 1 saturated heterocycles. The molecule has 0 amide bonds. The van der Waals surface area contributed by atoms with Crippen molar-refractivity contribution >= 4 is 0 Å². The van der Waals surface area contributed by atoms with Gasteiger partial charge >= 0.3 is 0 Å². The molecule has 0 radical (unpaired) electrons. The van der Waals surface area contributed by atoms with E-state index in [4.69, 9.17) is 9.47 Å². The number of rotatable bonds is 7. The van der Waals surface area contributed by atoms with Gasteiger partial charge in [-0.15, -0.1) is 0 Å². The summed E-state index contributed by atoms with van der Waals surface area (Å²) in [4.78, 5) is 0. The van der Waals surface area contributed by atoms with Crippen molar-refractivity contribution < 1.29 is 9.47 Å². The second-order valence-electron chi connectivity index (χ2n) is 8.07. The van der Waals surface area contributed by atoms with Crippen molar-refractivity contribution in [2.24, 2.45) is 5.92 Å². The van der Waals surface area contributed by atoms with E-state index >= 15 is 0 Å². The van der Waals surface area contributed by atoms with Crippen molar-refractivity contribution in [1.29, 1.82) is 0 Å². The highest BCUT2D eigenvalue weighted by Crippen LogP contribution is 2.38. The maximum Gasteiger partial charge on any atom is 0.106 e. The molecule has 0 N–H and O–H groups in total. The van der Waals surface area contributed by atoms with Crippen molar-refractivity contribution in [3.05, 3.63) is 35.4 Å². The normalized spacial score (nSPS) is 30.3. The van der Waals surface area contributed by atoms with Crippen LogP contribution in [0.5, 0.6) is 0 Å². The average Bonchev–Trinajstić information content (AvgIpc) is 2.69. The lowest BCUT2D eigenvalue weighted by molar-refractivity contribution is -0.135. The first-order valence-electron chi connectivity index (χ1n) is 10.6. The van der Waals surface area contributed by atoms with Crippen molar-refractivity contribution in [3.63, 3.8) is 0 Å². The third kappa shape index (κ3) is 5.31. The highest BCUT2D eigenvalue weighted by molar-refractivity contribution is 5.27. The summed E-state index contributed by atoms with van der Waals surface area (Å²) in [5.41, 5.74) is 2.80. The molecule has 25 heavy (non-hydrogen) atoms. The quantitative estimate of drug-likeness (QED) is 0.532. The summed E-state index contributed by atoms with van der Waals surface area (Å²) in [6.07, 6.45) is 12.7. The van der Waals surface area contributed by atoms with Crippen molar-refractivity contribution in [2.75, 3.05) is 13.2 Å². The zero-order valence-electron chi connectivity index (χ0n) is 16.2. The summed E-state index contributed by atoms with van der Waals surface area (Å²) < 4.78 is 11.9. The predicted octanol–water partition coefficient (Wildman–Crippen LogP) is 6.41. The van der Waals surface area contributed by atoms with Gasteiger partial charge in [0.2, 0.25) is 0 Å². The third-order valence-electron chi connectivity index (χ3n) is 6.26. The maximum atomic E-state index is 5.99. The van der Waals surface area contributed by atoms with Crippen LogP contribution < -0.4 is 0 Å². The molecule has 0 spiro atoms. The minimum Gasteiger partial charge on any atom is -0.373 e. The standard InChI is InChI=1S/C23H36O2/c1-3-5-6-7-18-8-10-19(11-9-18)20-12-14-21(15-13-20)23-17-24-22(4-2)16-25-23/h12-15,18-19,22-23H,3-11,16-17H2,1-2H3/t18?,19?,22-,23-/m0/s1. The van der Waals surface area contributed by atoms with Crippen LogP contribution in [0.25, 0.3) is 0 Å². The van der Waals surface area contributed by atoms with Gasteiger partial charge in [-0.1, -0.05) is 63.8 Å². The van der Waals surface area contributed by atoms with Crippen LogP contribution >= 0.6 is 0 Å². The maximum absolute atomic E-state index is 5.99. The van der Waals surface area contributed by atoms with Crippen LogP contribution in [0.4, 0.5) is 0 Å². The van der Waals surface area contributed by atoms with Crippen LogP contribution in [0.2, 0.25) is 0 Å². The molecular formula is C23H36O2. The van der Waals surface area contributed by atoms with E-state index in [1.54, 1.807) is 0 Å². The van der Waals surface area contributed by atoms with Gasteiger partial charge in [-0.3, -0.25) is 0 Å². The Bertz CT molecular complexity index is 479. The second-order valence-corrected chi connectivity index (χ2v) is 8.07. The van der Waals surface area contributed by atoms with E-state index in [1.165, 1.54) is 62.5 Å². The van der Waals surface area contributed by atoms with Gasteiger partial charge in [0.1, 0.15) is 6.10 Å². The fraction of sp³-hybridized carbons (Fsp3) is 0.739. The van der Waals surface area contributed by atoms with Crippen LogP contribution in [0.3, 0.4) is 0 Å². The number of hydrogen-bond donors (Lipinski definition) is 0. The van der Waals surface area contributed by atoms with E-state index in [-0.39, 0.29) is 12.2 Å². The Hall–Kier alpha value is -0.860. The Morgan fingerprint density at radius 3 is 2.16 bits per heavy atom. The smallest absolute Gasteiger partial charge is 0.106 e. The van der Waals surface area contributed by atoms with E-state index in [1.807, 2.05) is 0 Å². The van der Waals surface area contributed by atoms with Gasteiger partial charge in [0.25, 0.3) is 0 Å². The minimum absolute atomic E-state index is 0.117. The van der Waals surface area contributed by atoms with Gasteiger partial charge in [0.05, 0.1) is 19.3 Å². The minimum atomic E-state index is 0.117. The summed E-state index contributed by atoms with van der Waals surface area (Å²) >= 11 is 0. The van der Waals surface area contributed by atoms with E-state index < -0.39 is 0 Å². The Labute approximate surface area is 154 Å². The average molecular weight is 345 g/mol. The zero-order chi connectivity index (χ0) is 17.5. The van der Waals surface area contributed by atoms with Gasteiger partial charge in [-0.25, -0.2) is 0 Å². The lowest BCUT2D eigenvalue weighted by Gasteiger charge is -2.30. The molecule has 1 aromatic carbocycles. The van der Waals surface area contributed by atoms with E-state index in [2.05, 4.69) is 38.1 Å². The van der Waals surface area contributed by atoms with Crippen molar-refractivity contribution in [1.82, 2.24) is 0 Å². The Kier molecular flexibility index (Phi) is 7.36. The summed E-state index contributed by atoms with van der Waals surface area (Å²) in [5, 5.41) is 0. The summed E-state index contributed by atoms with van der Waals surface area (Å²) in [5.74, 6) is 1.76. The monoisotopic (exact) mass is 344 g/mol. The molecule has 1 heterocycles. The predicted molar refractivity (Wildman–Crippen MR) is 104 cm³/mol. The Morgan fingerprint density at radius 1 is 0.840 bits per heavy atom. The zero-order valence-corrected chi connectivity index (χ0v) is 16.2. The fourth-order valence-corrected chi connectivity index (χ4v) is 4.42. The van der Waals surface area contributed by atoms with Crippen molar-refractivity contribution in [3.8, 4) is 0 Å². The molecule has 2 aliphatic rings. The number of hydrogen-bond acceptors (Lipinski definition) is 2. The molecule has 0 bridgehead atoms. The van der Waals surface area contributed by atoms with Crippen LogP contribution in [0, 0.1) is 5.92 Å². The molecule has 140 valence electrons. The summed E-state index contributed by atoms with van der Waals surface area (Å²) in [6, 6.07) is 9.21. The molecular weight excluding hydrogens is 308 g/mol. The van der Waals surface area contributed by atoms with Gasteiger partial charge in [0.15, 0.2) is 0 Å². The number of ether oxygens (including phenoxy) is 2. The SMILES string of the molecule is CCCCCC1CCC(c2ccc([C@@H]3CO[C@@H](CC)CO3)cc2)CC1. The molecule has 1 aromatic rings. The molecule has 1 aliphatic heterocycles. The van der Waals surface area contributed by atoms with Crippen LogP contribution in [-0.4, -0.2) is 19.3 Å². The lowest BCUT2D eigenvalue weighted by Crippen LogP contribution is -2.30. The second kappa shape index (κ2) is 9.73. The molecule has 1 aliphatic carbocycles. The molecule has 0 aromatic heterocycles. The molecule has 0 unspecified atom stereocenters. The van der Waals surface area contributed by atoms with Crippen molar-refractivity contribution in [2.45, 2.75) is 89.8 Å². The van der Waals surface area contributed by atoms with E-state index in [0.29, 0.717) is 6.61 Å². The van der Waals surface area contributed by atoms with Gasteiger partial charge in [-0.2, -0.15) is 0 Å². The van der Waals surface area contributed by atoms with Crippen LogP contribution in [-0.2, 0) is 9.47 Å². The third-order valence-corrected chi connectivity index (χ3v) is 6.26. The molecule has 2 fully saturated rings. The van der Waals surface area contributed by atoms with Crippen LogP contribution in [0.1, 0.15) is 94.8 Å². The first-order valence-corrected chi connectivity index (χ1v) is 10.6. The molecule has 2 heteroatoms. The van der Waals surface area contributed by atoms with Crippen LogP contribution in [0.15, 0.2) is 24.3 Å². The highest BCUT2D eigenvalue weighted by atomic mass is 16.6. The van der Waals surface area contributed by atoms with Gasteiger partial charge < -0.3 is 9.47 Å². The largest absolute Gasteiger partial charge is 0.373 e. The molecule has 2 atom stereocenters. The molecule has 1 saturated carbocycles. The first kappa shape index (κ1) is 18.9. The summed E-state index contributed by atoms with van der Waals surface area (Å²) in [6.45, 7) is 5.88.